The van der Waals surface area contributed by atoms with Crippen molar-refractivity contribution in [1.82, 2.24) is 15.1 Å². The molecule has 1 heterocycles. The number of benzene rings is 2. The van der Waals surface area contributed by atoms with Gasteiger partial charge in [-0.3, -0.25) is 4.79 Å². The molecule has 3 aromatic rings. The van der Waals surface area contributed by atoms with Crippen LogP contribution in [0.5, 0.6) is 0 Å². The summed E-state index contributed by atoms with van der Waals surface area (Å²) in [6, 6.07) is 13.6. The van der Waals surface area contributed by atoms with Gasteiger partial charge in [-0.05, 0) is 48.6 Å². The fourth-order valence-corrected chi connectivity index (χ4v) is 3.76. The SMILES string of the molecule is CCCN(Cc1nnc(-c2ccccc2Cl)o1)C(=O)C1CC1c1ccc(F)cc1. The van der Waals surface area contributed by atoms with Crippen molar-refractivity contribution < 1.29 is 13.6 Å². The smallest absolute Gasteiger partial charge is 0.249 e. The van der Waals surface area contributed by atoms with Gasteiger partial charge in [-0.1, -0.05) is 42.8 Å². The maximum atomic E-state index is 13.1. The quantitative estimate of drug-likeness (QED) is 0.542. The van der Waals surface area contributed by atoms with Crippen molar-refractivity contribution >= 4 is 17.5 Å². The monoisotopic (exact) mass is 413 g/mol. The lowest BCUT2D eigenvalue weighted by atomic mass is 10.1. The van der Waals surface area contributed by atoms with Crippen molar-refractivity contribution in [3.8, 4) is 11.5 Å². The molecule has 1 aliphatic carbocycles. The normalized spacial score (nSPS) is 17.9. The molecule has 2 atom stereocenters. The summed E-state index contributed by atoms with van der Waals surface area (Å²) in [7, 11) is 0. The average molecular weight is 414 g/mol. The highest BCUT2D eigenvalue weighted by molar-refractivity contribution is 6.33. The molecule has 1 aliphatic rings. The molecular weight excluding hydrogens is 393 g/mol. The molecule has 0 bridgehead atoms. The molecule has 4 rings (SSSR count). The van der Waals surface area contributed by atoms with E-state index in [0.29, 0.717) is 28.9 Å². The molecule has 1 amide bonds. The Morgan fingerprint density at radius 2 is 1.97 bits per heavy atom. The van der Waals surface area contributed by atoms with Crippen LogP contribution in [0.4, 0.5) is 4.39 Å². The van der Waals surface area contributed by atoms with Crippen LogP contribution in [-0.2, 0) is 11.3 Å². The van der Waals surface area contributed by atoms with Crippen LogP contribution in [0, 0.1) is 11.7 Å². The highest BCUT2D eigenvalue weighted by Crippen LogP contribution is 2.48. The second kappa shape index (κ2) is 8.33. The maximum absolute atomic E-state index is 13.1. The summed E-state index contributed by atoms with van der Waals surface area (Å²) in [6.07, 6.45) is 1.60. The Morgan fingerprint density at radius 3 is 2.69 bits per heavy atom. The van der Waals surface area contributed by atoms with Gasteiger partial charge in [-0.15, -0.1) is 10.2 Å². The van der Waals surface area contributed by atoms with E-state index in [1.807, 2.05) is 25.1 Å². The molecule has 0 aliphatic heterocycles. The van der Waals surface area contributed by atoms with E-state index in [0.717, 1.165) is 18.4 Å². The molecule has 5 nitrogen and oxygen atoms in total. The molecule has 1 aromatic heterocycles. The third kappa shape index (κ3) is 4.32. The highest BCUT2D eigenvalue weighted by atomic mass is 35.5. The second-order valence-electron chi connectivity index (χ2n) is 7.24. The maximum Gasteiger partial charge on any atom is 0.249 e. The Labute approximate surface area is 173 Å². The van der Waals surface area contributed by atoms with E-state index in [4.69, 9.17) is 16.0 Å². The average Bonchev–Trinajstić information content (AvgIpc) is 3.39. The van der Waals surface area contributed by atoms with Gasteiger partial charge in [0.1, 0.15) is 5.82 Å². The molecule has 0 spiro atoms. The van der Waals surface area contributed by atoms with Gasteiger partial charge in [0.05, 0.1) is 17.1 Å². The zero-order chi connectivity index (χ0) is 20.4. The van der Waals surface area contributed by atoms with Crippen LogP contribution in [0.1, 0.15) is 37.1 Å². The van der Waals surface area contributed by atoms with Gasteiger partial charge < -0.3 is 9.32 Å². The fourth-order valence-electron chi connectivity index (χ4n) is 3.54. The number of hydrogen-bond acceptors (Lipinski definition) is 4. The molecule has 1 fully saturated rings. The fraction of sp³-hybridized carbons (Fsp3) is 0.318. The largest absolute Gasteiger partial charge is 0.419 e. The zero-order valence-corrected chi connectivity index (χ0v) is 16.8. The third-order valence-corrected chi connectivity index (χ3v) is 5.44. The Balaban J connectivity index is 1.45. The predicted octanol–water partition coefficient (Wildman–Crippen LogP) is 5.07. The number of carbonyl (C=O) groups is 1. The summed E-state index contributed by atoms with van der Waals surface area (Å²) in [5, 5.41) is 8.70. The number of amides is 1. The van der Waals surface area contributed by atoms with Crippen LogP contribution in [-0.4, -0.2) is 27.5 Å². The summed E-state index contributed by atoms with van der Waals surface area (Å²) >= 11 is 6.19. The molecular formula is C22H21ClFN3O2. The Bertz CT molecular complexity index is 1010. The van der Waals surface area contributed by atoms with Crippen LogP contribution in [0.2, 0.25) is 5.02 Å². The first-order valence-electron chi connectivity index (χ1n) is 9.68. The Hall–Kier alpha value is -2.73. The lowest BCUT2D eigenvalue weighted by Gasteiger charge is -2.20. The van der Waals surface area contributed by atoms with Crippen molar-refractivity contribution in [2.75, 3.05) is 6.54 Å². The zero-order valence-electron chi connectivity index (χ0n) is 16.0. The summed E-state index contributed by atoms with van der Waals surface area (Å²) < 4.78 is 18.9. The van der Waals surface area contributed by atoms with E-state index in [9.17, 15) is 9.18 Å². The van der Waals surface area contributed by atoms with E-state index in [-0.39, 0.29) is 30.1 Å². The first-order chi connectivity index (χ1) is 14.1. The van der Waals surface area contributed by atoms with Crippen molar-refractivity contribution in [1.29, 1.82) is 0 Å². The predicted molar refractivity (Wildman–Crippen MR) is 108 cm³/mol. The first kappa shape index (κ1) is 19.6. The van der Waals surface area contributed by atoms with E-state index >= 15 is 0 Å². The topological polar surface area (TPSA) is 59.2 Å². The van der Waals surface area contributed by atoms with Gasteiger partial charge in [0.15, 0.2) is 0 Å². The number of halogens is 2. The molecule has 1 saturated carbocycles. The van der Waals surface area contributed by atoms with Crippen molar-refractivity contribution in [2.24, 2.45) is 5.92 Å². The van der Waals surface area contributed by atoms with Gasteiger partial charge in [0.25, 0.3) is 0 Å². The van der Waals surface area contributed by atoms with Gasteiger partial charge in [-0.2, -0.15) is 0 Å². The first-order valence-corrected chi connectivity index (χ1v) is 10.1. The molecule has 0 N–H and O–H groups in total. The number of nitrogens with zero attached hydrogens (tertiary/aromatic N) is 3. The molecule has 29 heavy (non-hydrogen) atoms. The van der Waals surface area contributed by atoms with Crippen LogP contribution < -0.4 is 0 Å². The minimum Gasteiger partial charge on any atom is -0.419 e. The summed E-state index contributed by atoms with van der Waals surface area (Å²) in [4.78, 5) is 14.8. The lowest BCUT2D eigenvalue weighted by Crippen LogP contribution is -2.33. The minimum absolute atomic E-state index is 0.0682. The van der Waals surface area contributed by atoms with Gasteiger partial charge in [0, 0.05) is 12.5 Å². The summed E-state index contributed by atoms with van der Waals surface area (Å²) in [6.45, 7) is 2.89. The molecule has 2 aromatic carbocycles. The van der Waals surface area contributed by atoms with Crippen LogP contribution in [0.3, 0.4) is 0 Å². The van der Waals surface area contributed by atoms with E-state index in [1.54, 1.807) is 23.1 Å². The van der Waals surface area contributed by atoms with Crippen molar-refractivity contribution in [3.63, 3.8) is 0 Å². The van der Waals surface area contributed by atoms with E-state index in [1.165, 1.54) is 12.1 Å². The van der Waals surface area contributed by atoms with Gasteiger partial charge in [-0.25, -0.2) is 4.39 Å². The molecule has 0 radical (unpaired) electrons. The van der Waals surface area contributed by atoms with Crippen LogP contribution >= 0.6 is 11.6 Å². The van der Waals surface area contributed by atoms with Crippen molar-refractivity contribution in [3.05, 3.63) is 70.8 Å². The third-order valence-electron chi connectivity index (χ3n) is 5.11. The number of carbonyl (C=O) groups excluding carboxylic acids is 1. The second-order valence-corrected chi connectivity index (χ2v) is 7.65. The number of hydrogen-bond donors (Lipinski definition) is 0. The van der Waals surface area contributed by atoms with Crippen molar-refractivity contribution in [2.45, 2.75) is 32.2 Å². The number of aromatic nitrogens is 2. The standard InChI is InChI=1S/C22H21ClFN3O2/c1-2-11-27(22(28)18-12-17(18)14-7-9-15(24)10-8-14)13-20-25-26-21(29-20)16-5-3-4-6-19(16)23/h3-10,17-18H,2,11-13H2,1H3. The van der Waals surface area contributed by atoms with Gasteiger partial charge in [0.2, 0.25) is 17.7 Å². The van der Waals surface area contributed by atoms with Gasteiger partial charge >= 0.3 is 0 Å². The summed E-state index contributed by atoms with van der Waals surface area (Å²) in [5.41, 5.74) is 1.67. The van der Waals surface area contributed by atoms with Crippen LogP contribution in [0.15, 0.2) is 52.9 Å². The minimum atomic E-state index is -0.268. The molecule has 150 valence electrons. The van der Waals surface area contributed by atoms with Crippen LogP contribution in [0.25, 0.3) is 11.5 Å². The number of rotatable bonds is 7. The Morgan fingerprint density at radius 1 is 1.21 bits per heavy atom. The molecule has 2 unspecified atom stereocenters. The Kier molecular flexibility index (Phi) is 5.62. The highest BCUT2D eigenvalue weighted by Gasteiger charge is 2.45. The summed E-state index contributed by atoms with van der Waals surface area (Å²) in [5.74, 6) is 0.571. The van der Waals surface area contributed by atoms with E-state index < -0.39 is 0 Å². The molecule has 0 saturated heterocycles. The lowest BCUT2D eigenvalue weighted by molar-refractivity contribution is -0.133. The van der Waals surface area contributed by atoms with E-state index in [2.05, 4.69) is 10.2 Å². The molecule has 7 heteroatoms.